The number of imidazole rings is 1. The lowest BCUT2D eigenvalue weighted by Crippen LogP contribution is -2.48. The van der Waals surface area contributed by atoms with Crippen molar-refractivity contribution in [3.63, 3.8) is 0 Å². The SMILES string of the molecule is O=C(c1cnc(C2CC2)[nH]1)N1CCNCC1c1cccnc1. The van der Waals surface area contributed by atoms with Gasteiger partial charge in [-0.25, -0.2) is 4.98 Å². The number of H-pyrrole nitrogens is 1. The Bertz CT molecular complexity index is 664. The van der Waals surface area contributed by atoms with E-state index in [1.165, 1.54) is 12.8 Å². The summed E-state index contributed by atoms with van der Waals surface area (Å²) in [5.74, 6) is 1.50. The van der Waals surface area contributed by atoms with Gasteiger partial charge >= 0.3 is 0 Å². The summed E-state index contributed by atoms with van der Waals surface area (Å²) >= 11 is 0. The molecule has 1 amide bonds. The summed E-state index contributed by atoms with van der Waals surface area (Å²) in [4.78, 5) is 26.5. The molecule has 1 aliphatic heterocycles. The summed E-state index contributed by atoms with van der Waals surface area (Å²) in [6.07, 6.45) is 7.61. The number of amides is 1. The number of carbonyl (C=O) groups excluding carboxylic acids is 1. The minimum Gasteiger partial charge on any atom is -0.338 e. The van der Waals surface area contributed by atoms with Gasteiger partial charge in [-0.2, -0.15) is 0 Å². The first kappa shape index (κ1) is 13.5. The van der Waals surface area contributed by atoms with Gasteiger partial charge in [0.25, 0.3) is 5.91 Å². The summed E-state index contributed by atoms with van der Waals surface area (Å²) < 4.78 is 0. The summed E-state index contributed by atoms with van der Waals surface area (Å²) in [7, 11) is 0. The molecule has 2 fully saturated rings. The molecule has 2 aromatic rings. The van der Waals surface area contributed by atoms with Gasteiger partial charge in [0.1, 0.15) is 11.5 Å². The van der Waals surface area contributed by atoms with E-state index in [1.807, 2.05) is 23.2 Å². The van der Waals surface area contributed by atoms with E-state index < -0.39 is 0 Å². The van der Waals surface area contributed by atoms with Crippen LogP contribution in [-0.4, -0.2) is 45.4 Å². The Morgan fingerprint density at radius 2 is 2.23 bits per heavy atom. The van der Waals surface area contributed by atoms with Crippen molar-refractivity contribution < 1.29 is 4.79 Å². The molecule has 1 saturated heterocycles. The second-order valence-corrected chi connectivity index (χ2v) is 5.96. The van der Waals surface area contributed by atoms with Crippen molar-refractivity contribution >= 4 is 5.91 Å². The Morgan fingerprint density at radius 1 is 1.32 bits per heavy atom. The number of nitrogens with zero attached hydrogens (tertiary/aromatic N) is 3. The Kier molecular flexibility index (Phi) is 3.38. The summed E-state index contributed by atoms with van der Waals surface area (Å²) in [6.45, 7) is 2.25. The van der Waals surface area contributed by atoms with E-state index in [9.17, 15) is 4.79 Å². The molecule has 1 unspecified atom stereocenters. The monoisotopic (exact) mass is 297 g/mol. The van der Waals surface area contributed by atoms with Crippen molar-refractivity contribution in [3.05, 3.63) is 47.8 Å². The summed E-state index contributed by atoms with van der Waals surface area (Å²) in [5.41, 5.74) is 1.66. The highest BCUT2D eigenvalue weighted by Crippen LogP contribution is 2.38. The number of nitrogens with one attached hydrogen (secondary N) is 2. The van der Waals surface area contributed by atoms with Crippen LogP contribution in [0, 0.1) is 0 Å². The third-order valence-electron chi connectivity index (χ3n) is 4.36. The van der Waals surface area contributed by atoms with Gasteiger partial charge in [0.05, 0.1) is 12.2 Å². The normalized spacial score (nSPS) is 21.8. The van der Waals surface area contributed by atoms with Gasteiger partial charge in [-0.3, -0.25) is 9.78 Å². The van der Waals surface area contributed by atoms with Crippen molar-refractivity contribution in [1.29, 1.82) is 0 Å². The number of piperazine rings is 1. The third kappa shape index (κ3) is 2.50. The largest absolute Gasteiger partial charge is 0.338 e. The fourth-order valence-electron chi connectivity index (χ4n) is 2.98. The molecule has 2 N–H and O–H groups in total. The minimum atomic E-state index is 0.0163. The Morgan fingerprint density at radius 3 is 3.00 bits per heavy atom. The van der Waals surface area contributed by atoms with Crippen LogP contribution in [0.2, 0.25) is 0 Å². The lowest BCUT2D eigenvalue weighted by Gasteiger charge is -2.36. The van der Waals surface area contributed by atoms with Gasteiger partial charge < -0.3 is 15.2 Å². The van der Waals surface area contributed by atoms with E-state index in [4.69, 9.17) is 0 Å². The molecule has 2 aromatic heterocycles. The first-order chi connectivity index (χ1) is 10.8. The van der Waals surface area contributed by atoms with E-state index in [-0.39, 0.29) is 11.9 Å². The number of hydrogen-bond donors (Lipinski definition) is 2. The van der Waals surface area contributed by atoms with Gasteiger partial charge in [-0.1, -0.05) is 6.07 Å². The maximum absolute atomic E-state index is 12.8. The second-order valence-electron chi connectivity index (χ2n) is 5.96. The topological polar surface area (TPSA) is 73.9 Å². The lowest BCUT2D eigenvalue weighted by molar-refractivity contribution is 0.0628. The zero-order valence-corrected chi connectivity index (χ0v) is 12.3. The first-order valence-corrected chi connectivity index (χ1v) is 7.79. The van der Waals surface area contributed by atoms with Crippen LogP contribution in [-0.2, 0) is 0 Å². The van der Waals surface area contributed by atoms with Gasteiger partial charge in [0.15, 0.2) is 0 Å². The molecular formula is C16H19N5O. The fraction of sp³-hybridized carbons (Fsp3) is 0.438. The van der Waals surface area contributed by atoms with Gasteiger partial charge in [0.2, 0.25) is 0 Å². The minimum absolute atomic E-state index is 0.0163. The zero-order valence-electron chi connectivity index (χ0n) is 12.3. The van der Waals surface area contributed by atoms with Gasteiger partial charge in [-0.15, -0.1) is 0 Å². The van der Waals surface area contributed by atoms with Crippen LogP contribution in [0.15, 0.2) is 30.7 Å². The van der Waals surface area contributed by atoms with E-state index in [0.717, 1.165) is 24.5 Å². The van der Waals surface area contributed by atoms with Crippen LogP contribution in [0.1, 0.15) is 46.7 Å². The number of carbonyl (C=O) groups is 1. The van der Waals surface area contributed by atoms with Crippen molar-refractivity contribution in [2.75, 3.05) is 19.6 Å². The van der Waals surface area contributed by atoms with Crippen LogP contribution in [0.25, 0.3) is 0 Å². The fourth-order valence-corrected chi connectivity index (χ4v) is 2.98. The maximum Gasteiger partial charge on any atom is 0.272 e. The van der Waals surface area contributed by atoms with E-state index in [2.05, 4.69) is 20.3 Å². The molecule has 0 radical (unpaired) electrons. The molecule has 1 aliphatic carbocycles. The summed E-state index contributed by atoms with van der Waals surface area (Å²) in [5, 5.41) is 3.36. The lowest BCUT2D eigenvalue weighted by atomic mass is 10.0. The predicted molar refractivity (Wildman–Crippen MR) is 81.4 cm³/mol. The highest BCUT2D eigenvalue weighted by molar-refractivity contribution is 5.92. The Balaban J connectivity index is 1.58. The molecule has 0 spiro atoms. The number of aromatic amines is 1. The van der Waals surface area contributed by atoms with E-state index in [1.54, 1.807) is 12.4 Å². The van der Waals surface area contributed by atoms with Crippen LogP contribution in [0.5, 0.6) is 0 Å². The van der Waals surface area contributed by atoms with Crippen LogP contribution in [0.3, 0.4) is 0 Å². The quantitative estimate of drug-likeness (QED) is 0.899. The zero-order chi connectivity index (χ0) is 14.9. The van der Waals surface area contributed by atoms with Crippen molar-refractivity contribution in [2.45, 2.75) is 24.8 Å². The highest BCUT2D eigenvalue weighted by Gasteiger charge is 2.31. The molecular weight excluding hydrogens is 278 g/mol. The highest BCUT2D eigenvalue weighted by atomic mass is 16.2. The predicted octanol–water partition coefficient (Wildman–Crippen LogP) is 1.47. The van der Waals surface area contributed by atoms with Crippen LogP contribution >= 0.6 is 0 Å². The Hall–Kier alpha value is -2.21. The molecule has 2 aliphatic rings. The number of pyridine rings is 1. The molecule has 0 bridgehead atoms. The molecule has 3 heterocycles. The van der Waals surface area contributed by atoms with Crippen LogP contribution < -0.4 is 5.32 Å². The first-order valence-electron chi connectivity index (χ1n) is 7.79. The van der Waals surface area contributed by atoms with E-state index in [0.29, 0.717) is 18.2 Å². The third-order valence-corrected chi connectivity index (χ3v) is 4.36. The molecule has 114 valence electrons. The molecule has 6 nitrogen and oxygen atoms in total. The van der Waals surface area contributed by atoms with Crippen molar-refractivity contribution in [2.24, 2.45) is 0 Å². The second kappa shape index (κ2) is 5.53. The molecule has 1 atom stereocenters. The summed E-state index contributed by atoms with van der Waals surface area (Å²) in [6, 6.07) is 3.95. The number of rotatable bonds is 3. The Labute approximate surface area is 129 Å². The average molecular weight is 297 g/mol. The van der Waals surface area contributed by atoms with E-state index >= 15 is 0 Å². The molecule has 22 heavy (non-hydrogen) atoms. The molecule has 4 rings (SSSR count). The van der Waals surface area contributed by atoms with Crippen molar-refractivity contribution in [1.82, 2.24) is 25.2 Å². The molecule has 6 heteroatoms. The van der Waals surface area contributed by atoms with Gasteiger partial charge in [0, 0.05) is 37.9 Å². The van der Waals surface area contributed by atoms with Crippen LogP contribution in [0.4, 0.5) is 0 Å². The van der Waals surface area contributed by atoms with Crippen molar-refractivity contribution in [3.8, 4) is 0 Å². The maximum atomic E-state index is 12.8. The van der Waals surface area contributed by atoms with Gasteiger partial charge in [-0.05, 0) is 24.5 Å². The number of hydrogen-bond acceptors (Lipinski definition) is 4. The number of aromatic nitrogens is 3. The standard InChI is InChI=1S/C16H19N5O/c22-16(13-9-19-15(20-13)11-3-4-11)21-7-6-18-10-14(21)12-2-1-5-17-8-12/h1-2,5,8-9,11,14,18H,3-4,6-7,10H2,(H,19,20). The average Bonchev–Trinajstić information content (AvgIpc) is 3.32. The smallest absolute Gasteiger partial charge is 0.272 e. The molecule has 1 saturated carbocycles. The molecule has 0 aromatic carbocycles.